The van der Waals surface area contributed by atoms with E-state index in [-0.39, 0.29) is 5.97 Å². The Morgan fingerprint density at radius 3 is 2.62 bits per heavy atom. The molecule has 26 heavy (non-hydrogen) atoms. The van der Waals surface area contributed by atoms with Crippen molar-refractivity contribution in [2.24, 2.45) is 5.92 Å². The summed E-state index contributed by atoms with van der Waals surface area (Å²) in [5.41, 5.74) is 0.504. The fourth-order valence-electron chi connectivity index (χ4n) is 4.92. The molecule has 0 amide bonds. The van der Waals surface area contributed by atoms with Crippen molar-refractivity contribution in [1.29, 1.82) is 0 Å². The predicted octanol–water partition coefficient (Wildman–Crippen LogP) is 3.66. The molecular weight excluding hydrogens is 330 g/mol. The van der Waals surface area contributed by atoms with Crippen molar-refractivity contribution in [3.63, 3.8) is 0 Å². The Morgan fingerprint density at radius 2 is 1.85 bits per heavy atom. The van der Waals surface area contributed by atoms with Crippen LogP contribution in [0.25, 0.3) is 0 Å². The van der Waals surface area contributed by atoms with Crippen LogP contribution in [-0.4, -0.2) is 57.5 Å². The molecule has 0 aliphatic carbocycles. The van der Waals surface area contributed by atoms with E-state index in [0.717, 1.165) is 12.5 Å². The highest BCUT2D eigenvalue weighted by Crippen LogP contribution is 2.37. The van der Waals surface area contributed by atoms with Crippen molar-refractivity contribution in [2.75, 3.05) is 41.0 Å². The topological polar surface area (TPSA) is 44.8 Å². The van der Waals surface area contributed by atoms with Crippen molar-refractivity contribution >= 4 is 5.97 Å². The van der Waals surface area contributed by atoms with Gasteiger partial charge in [-0.2, -0.15) is 0 Å². The quantitative estimate of drug-likeness (QED) is 0.572. The van der Waals surface area contributed by atoms with Crippen LogP contribution in [0, 0.1) is 5.92 Å². The van der Waals surface area contributed by atoms with Gasteiger partial charge in [0.25, 0.3) is 0 Å². The Morgan fingerprint density at radius 1 is 1.08 bits per heavy atom. The van der Waals surface area contributed by atoms with Gasteiger partial charge in [0.15, 0.2) is 11.5 Å². The molecule has 0 bridgehead atoms. The Balaban J connectivity index is 1.55. The van der Waals surface area contributed by atoms with Gasteiger partial charge < -0.3 is 18.7 Å². The molecule has 3 rings (SSSR count). The summed E-state index contributed by atoms with van der Waals surface area (Å²) in [6.07, 6.45) is 7.56. The van der Waals surface area contributed by atoms with Crippen LogP contribution in [0.5, 0.6) is 11.5 Å². The van der Waals surface area contributed by atoms with E-state index in [0.29, 0.717) is 29.6 Å². The number of rotatable bonds is 6. The summed E-state index contributed by atoms with van der Waals surface area (Å²) in [5, 5.41) is 0. The Hall–Kier alpha value is -1.75. The lowest BCUT2D eigenvalue weighted by molar-refractivity contribution is -0.947. The fourth-order valence-corrected chi connectivity index (χ4v) is 4.92. The zero-order valence-electron chi connectivity index (χ0n) is 16.3. The van der Waals surface area contributed by atoms with Crippen LogP contribution in [-0.2, 0) is 4.74 Å². The molecule has 2 fully saturated rings. The smallest absolute Gasteiger partial charge is 0.338 e. The fraction of sp³-hybridized carbons (Fsp3) is 0.667. The monoisotopic (exact) mass is 362 g/mol. The van der Waals surface area contributed by atoms with Crippen molar-refractivity contribution in [1.82, 2.24) is 0 Å². The van der Waals surface area contributed by atoms with Gasteiger partial charge >= 0.3 is 5.97 Å². The van der Waals surface area contributed by atoms with Gasteiger partial charge in [-0.1, -0.05) is 0 Å². The first kappa shape index (κ1) is 19.0. The molecule has 144 valence electrons. The van der Waals surface area contributed by atoms with E-state index in [2.05, 4.69) is 7.05 Å². The highest BCUT2D eigenvalue weighted by Gasteiger charge is 2.43. The number of hydrogen-bond donors (Lipinski definition) is 0. The molecule has 0 unspecified atom stereocenters. The van der Waals surface area contributed by atoms with Gasteiger partial charge in [0.1, 0.15) is 0 Å². The molecule has 1 aromatic rings. The summed E-state index contributed by atoms with van der Waals surface area (Å²) < 4.78 is 17.3. The van der Waals surface area contributed by atoms with Crippen LogP contribution < -0.4 is 9.47 Å². The lowest BCUT2D eigenvalue weighted by atomic mass is 9.80. The minimum absolute atomic E-state index is 0.289. The number of benzene rings is 1. The van der Waals surface area contributed by atoms with Gasteiger partial charge in [0, 0.05) is 5.92 Å². The number of methoxy groups -OCH3 is 2. The van der Waals surface area contributed by atoms with E-state index in [9.17, 15) is 4.79 Å². The normalized spacial score (nSPS) is 28.1. The zero-order chi connectivity index (χ0) is 18.6. The summed E-state index contributed by atoms with van der Waals surface area (Å²) in [4.78, 5) is 12.4. The second-order valence-corrected chi connectivity index (χ2v) is 7.89. The molecular formula is C21H32NO4+. The van der Waals surface area contributed by atoms with Crippen LogP contribution in [0.1, 0.15) is 48.9 Å². The number of nitrogens with zero attached hydrogens (tertiary/aromatic N) is 1. The maximum absolute atomic E-state index is 12.4. The standard InChI is InChI=1S/C21H32NO4/c1-22-12-5-4-8-18(22)16(7-6-13-22)11-14-26-21(23)17-9-10-19(24-2)20(15-17)25-3/h9-10,15-16,18H,4-8,11-14H2,1-3H3/q+1/t16-,18-,22-/m0/s1. The average molecular weight is 362 g/mol. The van der Waals surface area contributed by atoms with Crippen molar-refractivity contribution in [3.05, 3.63) is 23.8 Å². The summed E-state index contributed by atoms with van der Waals surface area (Å²) in [7, 11) is 5.57. The molecule has 5 heteroatoms. The third-order valence-corrected chi connectivity index (χ3v) is 6.35. The number of ether oxygens (including phenoxy) is 3. The molecule has 2 aliphatic rings. The van der Waals surface area contributed by atoms with E-state index >= 15 is 0 Å². The molecule has 3 atom stereocenters. The summed E-state index contributed by atoms with van der Waals surface area (Å²) in [5.74, 6) is 1.54. The molecule has 2 saturated heterocycles. The second kappa shape index (κ2) is 8.30. The Kier molecular flexibility index (Phi) is 6.07. The highest BCUT2D eigenvalue weighted by molar-refractivity contribution is 5.90. The molecule has 2 heterocycles. The largest absolute Gasteiger partial charge is 0.493 e. The molecule has 1 aromatic carbocycles. The minimum atomic E-state index is -0.289. The number of carbonyl (C=O) groups is 1. The van der Waals surface area contributed by atoms with Gasteiger partial charge in [-0.3, -0.25) is 0 Å². The first-order chi connectivity index (χ1) is 12.6. The SMILES string of the molecule is COc1ccc(C(=O)OCC[C@@H]2CCC[N@+]3(C)CCCC[C@@H]23)cc1OC. The lowest BCUT2D eigenvalue weighted by Gasteiger charge is -2.51. The Bertz CT molecular complexity index is 628. The molecule has 0 N–H and O–H groups in total. The van der Waals surface area contributed by atoms with Gasteiger partial charge in [-0.25, -0.2) is 4.79 Å². The molecule has 0 aromatic heterocycles. The first-order valence-corrected chi connectivity index (χ1v) is 9.81. The van der Waals surface area contributed by atoms with Crippen LogP contribution in [0.15, 0.2) is 18.2 Å². The summed E-state index contributed by atoms with van der Waals surface area (Å²) in [6.45, 7) is 3.12. The molecule has 0 saturated carbocycles. The first-order valence-electron chi connectivity index (χ1n) is 9.81. The van der Waals surface area contributed by atoms with E-state index in [1.54, 1.807) is 32.4 Å². The van der Waals surface area contributed by atoms with Gasteiger partial charge in [0.2, 0.25) is 0 Å². The summed E-state index contributed by atoms with van der Waals surface area (Å²) >= 11 is 0. The van der Waals surface area contributed by atoms with Crippen molar-refractivity contribution in [2.45, 2.75) is 44.6 Å². The minimum Gasteiger partial charge on any atom is -0.493 e. The van der Waals surface area contributed by atoms with E-state index in [4.69, 9.17) is 14.2 Å². The lowest BCUT2D eigenvalue weighted by Crippen LogP contribution is -2.60. The van der Waals surface area contributed by atoms with Gasteiger partial charge in [-0.05, 0) is 56.7 Å². The Labute approximate surface area is 156 Å². The number of hydrogen-bond acceptors (Lipinski definition) is 4. The predicted molar refractivity (Wildman–Crippen MR) is 101 cm³/mol. The molecule has 0 radical (unpaired) electrons. The van der Waals surface area contributed by atoms with Crippen molar-refractivity contribution < 1.29 is 23.5 Å². The van der Waals surface area contributed by atoms with Crippen LogP contribution in [0.4, 0.5) is 0 Å². The van der Waals surface area contributed by atoms with Gasteiger partial charge in [0.05, 0.1) is 52.6 Å². The summed E-state index contributed by atoms with van der Waals surface area (Å²) in [6, 6.07) is 5.88. The number of esters is 1. The number of carbonyl (C=O) groups excluding carboxylic acids is 1. The van der Waals surface area contributed by atoms with Crippen LogP contribution in [0.3, 0.4) is 0 Å². The van der Waals surface area contributed by atoms with Gasteiger partial charge in [-0.15, -0.1) is 0 Å². The molecule has 2 aliphatic heterocycles. The number of fused-ring (bicyclic) bond motifs is 1. The van der Waals surface area contributed by atoms with Crippen molar-refractivity contribution in [3.8, 4) is 11.5 Å². The maximum Gasteiger partial charge on any atom is 0.338 e. The zero-order valence-corrected chi connectivity index (χ0v) is 16.3. The third kappa shape index (κ3) is 3.98. The maximum atomic E-state index is 12.4. The highest BCUT2D eigenvalue weighted by atomic mass is 16.5. The average Bonchev–Trinajstić information content (AvgIpc) is 2.66. The molecule has 5 nitrogen and oxygen atoms in total. The van der Waals surface area contributed by atoms with E-state index in [1.165, 1.54) is 49.7 Å². The number of piperidine rings is 2. The second-order valence-electron chi connectivity index (χ2n) is 7.89. The number of quaternary nitrogens is 1. The third-order valence-electron chi connectivity index (χ3n) is 6.35. The van der Waals surface area contributed by atoms with E-state index < -0.39 is 0 Å². The van der Waals surface area contributed by atoms with Crippen LogP contribution in [0.2, 0.25) is 0 Å². The van der Waals surface area contributed by atoms with E-state index in [1.807, 2.05) is 0 Å². The molecule has 0 spiro atoms. The van der Waals surface area contributed by atoms with Crippen LogP contribution >= 0.6 is 0 Å².